The molecule has 4 heterocycles. The van der Waals surface area contributed by atoms with E-state index in [1.807, 2.05) is 72.8 Å². The predicted octanol–water partition coefficient (Wildman–Crippen LogP) is 11.3. The standard InChI is InChI=1S/C45H27N5O/c1-3-14-28(15-4-1)43-46-44(29-16-5-2-6-17-29)48-45(47-43)50-34-22-11-8-19-31(34)42-37(50)27-26-36-41(42)30-18-7-10-21-33(30)49(36)35-23-13-25-39-40(35)32-20-9-12-24-38(32)51-39/h1-27H. The highest BCUT2D eigenvalue weighted by Crippen LogP contribution is 2.44. The van der Waals surface area contributed by atoms with Crippen LogP contribution in [0.3, 0.4) is 0 Å². The van der Waals surface area contributed by atoms with Crippen molar-refractivity contribution in [2.75, 3.05) is 0 Å². The summed E-state index contributed by atoms with van der Waals surface area (Å²) in [5, 5.41) is 6.86. The molecule has 4 aromatic heterocycles. The summed E-state index contributed by atoms with van der Waals surface area (Å²) in [5.41, 5.74) is 9.03. The van der Waals surface area contributed by atoms with Gasteiger partial charge in [0.2, 0.25) is 5.95 Å². The van der Waals surface area contributed by atoms with Gasteiger partial charge < -0.3 is 8.98 Å². The Kier molecular flexibility index (Phi) is 5.86. The fourth-order valence-corrected chi connectivity index (χ4v) is 7.83. The minimum Gasteiger partial charge on any atom is -0.456 e. The fourth-order valence-electron chi connectivity index (χ4n) is 7.83. The summed E-state index contributed by atoms with van der Waals surface area (Å²) in [7, 11) is 0. The summed E-state index contributed by atoms with van der Waals surface area (Å²) in [6, 6.07) is 56.6. The molecule has 0 amide bonds. The Balaban J connectivity index is 1.26. The maximum Gasteiger partial charge on any atom is 0.238 e. The Hall–Kier alpha value is -7.05. The smallest absolute Gasteiger partial charge is 0.238 e. The highest BCUT2D eigenvalue weighted by atomic mass is 16.3. The molecule has 0 bridgehead atoms. The molecule has 0 aliphatic carbocycles. The van der Waals surface area contributed by atoms with E-state index >= 15 is 0 Å². The van der Waals surface area contributed by atoms with Gasteiger partial charge in [-0.2, -0.15) is 9.97 Å². The van der Waals surface area contributed by atoms with Crippen molar-refractivity contribution in [1.29, 1.82) is 0 Å². The lowest BCUT2D eigenvalue weighted by atomic mass is 10.1. The van der Waals surface area contributed by atoms with Crippen LogP contribution in [0.25, 0.3) is 100.0 Å². The van der Waals surface area contributed by atoms with E-state index in [9.17, 15) is 0 Å². The highest BCUT2D eigenvalue weighted by molar-refractivity contribution is 6.29. The summed E-state index contributed by atoms with van der Waals surface area (Å²) in [5.74, 6) is 1.83. The lowest BCUT2D eigenvalue weighted by Gasteiger charge is -2.11. The third-order valence-corrected chi connectivity index (χ3v) is 9.98. The number of aromatic nitrogens is 5. The number of benzene rings is 7. The van der Waals surface area contributed by atoms with Gasteiger partial charge in [0.25, 0.3) is 0 Å². The van der Waals surface area contributed by atoms with Crippen LogP contribution < -0.4 is 0 Å². The van der Waals surface area contributed by atoms with Crippen LogP contribution in [-0.4, -0.2) is 24.1 Å². The van der Waals surface area contributed by atoms with Crippen LogP contribution in [0.4, 0.5) is 0 Å². The molecule has 6 heteroatoms. The maximum absolute atomic E-state index is 6.34. The first-order valence-corrected chi connectivity index (χ1v) is 17.0. The zero-order valence-electron chi connectivity index (χ0n) is 27.2. The molecule has 238 valence electrons. The number of rotatable bonds is 4. The summed E-state index contributed by atoms with van der Waals surface area (Å²) in [4.78, 5) is 15.3. The van der Waals surface area contributed by atoms with Crippen molar-refractivity contribution in [3.8, 4) is 34.4 Å². The lowest BCUT2D eigenvalue weighted by Crippen LogP contribution is -2.06. The second-order valence-corrected chi connectivity index (χ2v) is 12.8. The minimum atomic E-state index is 0.576. The summed E-state index contributed by atoms with van der Waals surface area (Å²) in [6.07, 6.45) is 0. The molecule has 0 saturated heterocycles. The molecule has 11 aromatic rings. The molecule has 0 aliphatic rings. The number of para-hydroxylation sites is 3. The molecule has 7 aromatic carbocycles. The molecule has 6 nitrogen and oxygen atoms in total. The van der Waals surface area contributed by atoms with Gasteiger partial charge in [-0.3, -0.25) is 4.57 Å². The van der Waals surface area contributed by atoms with E-state index in [1.165, 1.54) is 10.8 Å². The molecule has 0 atom stereocenters. The molecule has 0 aliphatic heterocycles. The second kappa shape index (κ2) is 10.7. The quantitative estimate of drug-likeness (QED) is 0.190. The van der Waals surface area contributed by atoms with Crippen LogP contribution >= 0.6 is 0 Å². The molecular formula is C45H27N5O. The highest BCUT2D eigenvalue weighted by Gasteiger charge is 2.23. The Bertz CT molecular complexity index is 3080. The van der Waals surface area contributed by atoms with E-state index in [2.05, 4.69) is 100 Å². The molecule has 0 unspecified atom stereocenters. The van der Waals surface area contributed by atoms with Crippen molar-refractivity contribution < 1.29 is 4.42 Å². The van der Waals surface area contributed by atoms with E-state index in [4.69, 9.17) is 19.4 Å². The van der Waals surface area contributed by atoms with Crippen molar-refractivity contribution in [1.82, 2.24) is 24.1 Å². The fraction of sp³-hybridized carbons (Fsp3) is 0. The Labute approximate surface area is 291 Å². The van der Waals surface area contributed by atoms with Crippen molar-refractivity contribution in [3.05, 3.63) is 164 Å². The van der Waals surface area contributed by atoms with Gasteiger partial charge in [-0.1, -0.05) is 121 Å². The van der Waals surface area contributed by atoms with Crippen LogP contribution in [0.5, 0.6) is 0 Å². The average Bonchev–Trinajstić information content (AvgIpc) is 3.86. The van der Waals surface area contributed by atoms with Crippen molar-refractivity contribution in [2.45, 2.75) is 0 Å². The average molecular weight is 654 g/mol. The van der Waals surface area contributed by atoms with Crippen molar-refractivity contribution >= 4 is 65.6 Å². The molecule has 0 N–H and O–H groups in total. The third kappa shape index (κ3) is 4.07. The van der Waals surface area contributed by atoms with Gasteiger partial charge in [0, 0.05) is 38.1 Å². The number of furan rings is 1. The number of hydrogen-bond acceptors (Lipinski definition) is 4. The van der Waals surface area contributed by atoms with Crippen LogP contribution in [0.1, 0.15) is 0 Å². The first-order valence-electron chi connectivity index (χ1n) is 17.0. The summed E-state index contributed by atoms with van der Waals surface area (Å²) in [6.45, 7) is 0. The second-order valence-electron chi connectivity index (χ2n) is 12.8. The first kappa shape index (κ1) is 27.9. The Morgan fingerprint density at radius 2 is 0.863 bits per heavy atom. The zero-order valence-corrected chi connectivity index (χ0v) is 27.2. The Morgan fingerprint density at radius 3 is 1.51 bits per heavy atom. The first-order chi connectivity index (χ1) is 25.3. The van der Waals surface area contributed by atoms with E-state index in [-0.39, 0.29) is 0 Å². The largest absolute Gasteiger partial charge is 0.456 e. The van der Waals surface area contributed by atoms with Gasteiger partial charge in [-0.25, -0.2) is 4.98 Å². The minimum absolute atomic E-state index is 0.576. The summed E-state index contributed by atoms with van der Waals surface area (Å²) >= 11 is 0. The van der Waals surface area contributed by atoms with Crippen LogP contribution in [-0.2, 0) is 0 Å². The van der Waals surface area contributed by atoms with Gasteiger partial charge >= 0.3 is 0 Å². The van der Waals surface area contributed by atoms with E-state index < -0.39 is 0 Å². The third-order valence-electron chi connectivity index (χ3n) is 9.98. The van der Waals surface area contributed by atoms with Gasteiger partial charge in [0.15, 0.2) is 11.6 Å². The number of hydrogen-bond donors (Lipinski definition) is 0. The molecule has 0 saturated carbocycles. The van der Waals surface area contributed by atoms with Gasteiger partial charge in [-0.15, -0.1) is 0 Å². The van der Waals surface area contributed by atoms with E-state index in [1.54, 1.807) is 0 Å². The van der Waals surface area contributed by atoms with Gasteiger partial charge in [-0.05, 0) is 42.5 Å². The predicted molar refractivity (Wildman–Crippen MR) is 207 cm³/mol. The lowest BCUT2D eigenvalue weighted by molar-refractivity contribution is 0.669. The van der Waals surface area contributed by atoms with Crippen molar-refractivity contribution in [3.63, 3.8) is 0 Å². The van der Waals surface area contributed by atoms with Gasteiger partial charge in [0.05, 0.1) is 33.1 Å². The maximum atomic E-state index is 6.34. The number of nitrogens with zero attached hydrogens (tertiary/aromatic N) is 5. The molecule has 0 spiro atoms. The molecule has 0 fully saturated rings. The zero-order chi connectivity index (χ0) is 33.5. The van der Waals surface area contributed by atoms with Crippen LogP contribution in [0.2, 0.25) is 0 Å². The van der Waals surface area contributed by atoms with Crippen LogP contribution in [0, 0.1) is 0 Å². The van der Waals surface area contributed by atoms with Crippen LogP contribution in [0.15, 0.2) is 168 Å². The molecule has 51 heavy (non-hydrogen) atoms. The SMILES string of the molecule is c1ccc(-c2nc(-c3ccccc3)nc(-n3c4ccccc4c4c5c6ccccc6n(-c6cccc7oc8ccccc8c67)c5ccc43)n2)cc1. The molecular weight excluding hydrogens is 627 g/mol. The van der Waals surface area contributed by atoms with E-state index in [0.717, 1.165) is 71.6 Å². The van der Waals surface area contributed by atoms with Gasteiger partial charge in [0.1, 0.15) is 11.2 Å². The molecule has 11 rings (SSSR count). The van der Waals surface area contributed by atoms with Crippen molar-refractivity contribution in [2.24, 2.45) is 0 Å². The molecule has 0 radical (unpaired) electrons. The monoisotopic (exact) mass is 653 g/mol. The topological polar surface area (TPSA) is 61.7 Å². The summed E-state index contributed by atoms with van der Waals surface area (Å²) < 4.78 is 10.9. The van der Waals surface area contributed by atoms with E-state index in [0.29, 0.717) is 17.6 Å². The number of fused-ring (bicyclic) bond motifs is 10. The normalized spacial score (nSPS) is 11.9. The Morgan fingerprint density at radius 1 is 0.353 bits per heavy atom.